The highest BCUT2D eigenvalue weighted by atomic mass is 16.5. The maximum atomic E-state index is 11.3. The third-order valence-corrected chi connectivity index (χ3v) is 3.26. The fraction of sp³-hybridized carbons (Fsp3) is 0.133. The molecular formula is C15H11N3O3. The van der Waals surface area contributed by atoms with Gasteiger partial charge in [-0.2, -0.15) is 5.26 Å². The molecule has 0 bridgehead atoms. The number of benzene rings is 1. The summed E-state index contributed by atoms with van der Waals surface area (Å²) in [6, 6.07) is 10.8. The Hall–Kier alpha value is -3.07. The van der Waals surface area contributed by atoms with E-state index < -0.39 is 12.1 Å². The number of anilines is 2. The number of carboxylic acid groups (broad SMARTS) is 1. The van der Waals surface area contributed by atoms with E-state index in [9.17, 15) is 15.2 Å². The van der Waals surface area contributed by atoms with Crippen LogP contribution in [0, 0.1) is 11.3 Å². The van der Waals surface area contributed by atoms with Gasteiger partial charge in [-0.3, -0.25) is 4.98 Å². The number of carboxylic acids is 1. The number of aliphatic carboxylic acids is 1. The maximum absolute atomic E-state index is 11.3. The monoisotopic (exact) mass is 281 g/mol. The minimum absolute atomic E-state index is 0.118. The number of nitriles is 1. The molecule has 0 aliphatic carbocycles. The smallest absolute Gasteiger partial charge is 0.346 e. The van der Waals surface area contributed by atoms with Crippen LogP contribution in [0.15, 0.2) is 42.7 Å². The number of aromatic nitrogens is 1. The first-order chi connectivity index (χ1) is 10.2. The van der Waals surface area contributed by atoms with Crippen molar-refractivity contribution in [1.29, 1.82) is 5.26 Å². The van der Waals surface area contributed by atoms with Crippen LogP contribution < -0.4 is 9.64 Å². The third-order valence-electron chi connectivity index (χ3n) is 3.26. The zero-order valence-electron chi connectivity index (χ0n) is 10.9. The second-order valence-corrected chi connectivity index (χ2v) is 4.53. The lowest BCUT2D eigenvalue weighted by Gasteiger charge is -2.34. The molecule has 6 nitrogen and oxygen atoms in total. The molecule has 3 rings (SSSR count). The summed E-state index contributed by atoms with van der Waals surface area (Å²) in [6.45, 7) is 0.118. The van der Waals surface area contributed by atoms with Gasteiger partial charge < -0.3 is 14.7 Å². The normalized spacial score (nSPS) is 16.5. The van der Waals surface area contributed by atoms with Crippen LogP contribution in [0.25, 0.3) is 0 Å². The van der Waals surface area contributed by atoms with Gasteiger partial charge in [-0.05, 0) is 18.2 Å². The van der Waals surface area contributed by atoms with Gasteiger partial charge in [0, 0.05) is 6.20 Å². The molecule has 2 aromatic rings. The van der Waals surface area contributed by atoms with E-state index in [0.717, 1.165) is 5.69 Å². The zero-order valence-corrected chi connectivity index (χ0v) is 10.9. The van der Waals surface area contributed by atoms with Gasteiger partial charge in [0.2, 0.25) is 6.10 Å². The molecule has 1 atom stereocenters. The van der Waals surface area contributed by atoms with Gasteiger partial charge in [0.1, 0.15) is 11.8 Å². The Bertz CT molecular complexity index is 739. The maximum Gasteiger partial charge on any atom is 0.346 e. The first-order valence-corrected chi connectivity index (χ1v) is 6.31. The van der Waals surface area contributed by atoms with E-state index in [0.29, 0.717) is 17.0 Å². The van der Waals surface area contributed by atoms with Gasteiger partial charge >= 0.3 is 5.97 Å². The quantitative estimate of drug-likeness (QED) is 0.905. The first-order valence-electron chi connectivity index (χ1n) is 6.31. The molecule has 0 saturated heterocycles. The molecule has 0 saturated carbocycles. The summed E-state index contributed by atoms with van der Waals surface area (Å²) in [5, 5.41) is 18.4. The minimum atomic E-state index is -1.04. The predicted molar refractivity (Wildman–Crippen MR) is 74.5 cm³/mol. The first kappa shape index (κ1) is 12.9. The van der Waals surface area contributed by atoms with Gasteiger partial charge in [-0.1, -0.05) is 12.1 Å². The molecular weight excluding hydrogens is 270 g/mol. The summed E-state index contributed by atoms with van der Waals surface area (Å²) in [5.41, 5.74) is 1.73. The highest BCUT2D eigenvalue weighted by molar-refractivity contribution is 5.80. The van der Waals surface area contributed by atoms with E-state index in [4.69, 9.17) is 4.74 Å². The number of rotatable bonds is 2. The zero-order chi connectivity index (χ0) is 14.8. The van der Waals surface area contributed by atoms with Crippen LogP contribution >= 0.6 is 0 Å². The molecule has 0 spiro atoms. The van der Waals surface area contributed by atoms with E-state index in [-0.39, 0.29) is 6.54 Å². The predicted octanol–water partition coefficient (Wildman–Crippen LogP) is 1.94. The second-order valence-electron chi connectivity index (χ2n) is 4.53. The summed E-state index contributed by atoms with van der Waals surface area (Å²) < 4.78 is 5.47. The van der Waals surface area contributed by atoms with Crippen LogP contribution in [0.3, 0.4) is 0 Å². The molecule has 0 radical (unpaired) electrons. The summed E-state index contributed by atoms with van der Waals surface area (Å²) in [6.07, 6.45) is 2.09. The molecule has 1 aliphatic rings. The largest absolute Gasteiger partial charge is 0.478 e. The highest BCUT2D eigenvalue weighted by Gasteiger charge is 2.32. The summed E-state index contributed by atoms with van der Waals surface area (Å²) >= 11 is 0. The lowest BCUT2D eigenvalue weighted by atomic mass is 10.1. The van der Waals surface area contributed by atoms with Crippen LogP contribution in [-0.4, -0.2) is 28.7 Å². The van der Waals surface area contributed by atoms with E-state index >= 15 is 0 Å². The second kappa shape index (κ2) is 5.13. The van der Waals surface area contributed by atoms with Crippen molar-refractivity contribution >= 4 is 17.3 Å². The fourth-order valence-corrected chi connectivity index (χ4v) is 2.29. The van der Waals surface area contributed by atoms with Crippen molar-refractivity contribution < 1.29 is 14.6 Å². The van der Waals surface area contributed by atoms with Crippen molar-refractivity contribution in [3.63, 3.8) is 0 Å². The van der Waals surface area contributed by atoms with Crippen molar-refractivity contribution in [2.24, 2.45) is 0 Å². The topological polar surface area (TPSA) is 86.5 Å². The number of nitrogens with zero attached hydrogens (tertiary/aromatic N) is 3. The Balaban J connectivity index is 2.13. The lowest BCUT2D eigenvalue weighted by molar-refractivity contribution is -0.144. The SMILES string of the molecule is N#Cc1ccncc1N1CC(C(=O)O)Oc2ccccc21. The number of fused-ring (bicyclic) bond motifs is 1. The van der Waals surface area contributed by atoms with Gasteiger partial charge in [-0.25, -0.2) is 4.79 Å². The molecule has 1 aromatic carbocycles. The standard InChI is InChI=1S/C15H11N3O3/c16-7-10-5-6-17-8-12(10)18-9-14(15(19)20)21-13-4-2-1-3-11(13)18/h1-6,8,14H,9H2,(H,19,20). The molecule has 1 unspecified atom stereocenters. The fourth-order valence-electron chi connectivity index (χ4n) is 2.29. The Labute approximate surface area is 120 Å². The van der Waals surface area contributed by atoms with Crippen LogP contribution in [0.5, 0.6) is 5.75 Å². The van der Waals surface area contributed by atoms with E-state index in [2.05, 4.69) is 11.1 Å². The van der Waals surface area contributed by atoms with Crippen molar-refractivity contribution in [1.82, 2.24) is 4.98 Å². The number of hydrogen-bond acceptors (Lipinski definition) is 5. The number of para-hydroxylation sites is 2. The number of ether oxygens (including phenoxy) is 1. The Kier molecular flexibility index (Phi) is 3.16. The van der Waals surface area contributed by atoms with Gasteiger partial charge in [0.25, 0.3) is 0 Å². The molecule has 21 heavy (non-hydrogen) atoms. The van der Waals surface area contributed by atoms with E-state index in [1.807, 2.05) is 12.1 Å². The summed E-state index contributed by atoms with van der Waals surface area (Å²) in [5.74, 6) is -0.569. The third kappa shape index (κ3) is 2.25. The van der Waals surface area contributed by atoms with Crippen LogP contribution in [0.4, 0.5) is 11.4 Å². The van der Waals surface area contributed by atoms with Crippen molar-refractivity contribution in [3.8, 4) is 11.8 Å². The molecule has 6 heteroatoms. The summed E-state index contributed by atoms with van der Waals surface area (Å²) in [7, 11) is 0. The lowest BCUT2D eigenvalue weighted by Crippen LogP contribution is -2.42. The van der Waals surface area contributed by atoms with Crippen molar-refractivity contribution in [3.05, 3.63) is 48.3 Å². The average Bonchev–Trinajstić information content (AvgIpc) is 2.53. The van der Waals surface area contributed by atoms with Crippen LogP contribution in [-0.2, 0) is 4.79 Å². The summed E-state index contributed by atoms with van der Waals surface area (Å²) in [4.78, 5) is 17.0. The Morgan fingerprint density at radius 2 is 2.19 bits per heavy atom. The van der Waals surface area contributed by atoms with Crippen LogP contribution in [0.1, 0.15) is 5.56 Å². The van der Waals surface area contributed by atoms with Crippen molar-refractivity contribution in [2.75, 3.05) is 11.4 Å². The number of pyridine rings is 1. The molecule has 0 fully saturated rings. The molecule has 0 amide bonds. The molecule has 1 aliphatic heterocycles. The highest BCUT2D eigenvalue weighted by Crippen LogP contribution is 2.38. The number of hydrogen-bond donors (Lipinski definition) is 1. The Morgan fingerprint density at radius 1 is 1.38 bits per heavy atom. The van der Waals surface area contributed by atoms with E-state index in [1.165, 1.54) is 6.20 Å². The molecule has 2 heterocycles. The minimum Gasteiger partial charge on any atom is -0.478 e. The van der Waals surface area contributed by atoms with Gasteiger partial charge in [0.05, 0.1) is 29.7 Å². The Morgan fingerprint density at radius 3 is 2.95 bits per heavy atom. The molecule has 1 N–H and O–H groups in total. The average molecular weight is 281 g/mol. The molecule has 1 aromatic heterocycles. The number of carbonyl (C=O) groups is 1. The van der Waals surface area contributed by atoms with Gasteiger partial charge in [-0.15, -0.1) is 0 Å². The van der Waals surface area contributed by atoms with Gasteiger partial charge in [0.15, 0.2) is 0 Å². The molecule has 104 valence electrons. The van der Waals surface area contributed by atoms with Crippen LogP contribution in [0.2, 0.25) is 0 Å². The van der Waals surface area contributed by atoms with Crippen molar-refractivity contribution in [2.45, 2.75) is 6.10 Å². The van der Waals surface area contributed by atoms with E-state index in [1.54, 1.807) is 29.3 Å².